The number of carbonyl (C=O) groups is 1. The Balaban J connectivity index is 2.78. The fraction of sp³-hybridized carbons (Fsp3) is 0.250. The Kier molecular flexibility index (Phi) is 5.05. The minimum absolute atomic E-state index is 0.284. The molecule has 0 radical (unpaired) electrons. The van der Waals surface area contributed by atoms with Gasteiger partial charge in [-0.05, 0) is 29.0 Å². The van der Waals surface area contributed by atoms with Gasteiger partial charge in [0.05, 0.1) is 0 Å². The van der Waals surface area contributed by atoms with Crippen LogP contribution >= 0.6 is 11.8 Å². The summed E-state index contributed by atoms with van der Waals surface area (Å²) in [7, 11) is 0. The van der Waals surface area contributed by atoms with Crippen LogP contribution in [0.3, 0.4) is 0 Å². The molecule has 0 saturated heterocycles. The standard InChI is InChI=1S/C12H13FO2S/c1-2-16-8-10-5-3-9(7-11(10)13)4-6-12(14)15/h3-7H,2,8H2,1H3,(H,14,15). The second-order valence-electron chi connectivity index (χ2n) is 3.16. The number of aliphatic carboxylic acids is 1. The zero-order chi connectivity index (χ0) is 12.0. The third-order valence-electron chi connectivity index (χ3n) is 1.96. The highest BCUT2D eigenvalue weighted by Crippen LogP contribution is 2.17. The quantitative estimate of drug-likeness (QED) is 0.803. The molecule has 16 heavy (non-hydrogen) atoms. The van der Waals surface area contributed by atoms with Gasteiger partial charge in [0.15, 0.2) is 0 Å². The van der Waals surface area contributed by atoms with Gasteiger partial charge in [-0.15, -0.1) is 0 Å². The summed E-state index contributed by atoms with van der Waals surface area (Å²) in [5.74, 6) is 0.269. The fourth-order valence-electron chi connectivity index (χ4n) is 1.16. The Morgan fingerprint density at radius 3 is 2.88 bits per heavy atom. The fourth-order valence-corrected chi connectivity index (χ4v) is 1.82. The molecule has 1 rings (SSSR count). The van der Waals surface area contributed by atoms with E-state index in [9.17, 15) is 9.18 Å². The minimum atomic E-state index is -1.04. The molecule has 0 aliphatic rings. The number of thioether (sulfide) groups is 1. The number of rotatable bonds is 5. The van der Waals surface area contributed by atoms with Gasteiger partial charge in [0.2, 0.25) is 0 Å². The van der Waals surface area contributed by atoms with Crippen molar-refractivity contribution >= 4 is 23.8 Å². The van der Waals surface area contributed by atoms with Crippen molar-refractivity contribution in [2.24, 2.45) is 0 Å². The molecule has 0 aliphatic carbocycles. The van der Waals surface area contributed by atoms with Crippen LogP contribution in [-0.2, 0) is 10.5 Å². The van der Waals surface area contributed by atoms with Crippen LogP contribution in [0.5, 0.6) is 0 Å². The van der Waals surface area contributed by atoms with Crippen LogP contribution < -0.4 is 0 Å². The molecule has 1 N–H and O–H groups in total. The molecule has 2 nitrogen and oxygen atoms in total. The minimum Gasteiger partial charge on any atom is -0.478 e. The summed E-state index contributed by atoms with van der Waals surface area (Å²) in [6, 6.07) is 4.76. The lowest BCUT2D eigenvalue weighted by molar-refractivity contribution is -0.131. The maximum absolute atomic E-state index is 13.5. The topological polar surface area (TPSA) is 37.3 Å². The first-order valence-corrected chi connectivity index (χ1v) is 6.06. The van der Waals surface area contributed by atoms with E-state index in [-0.39, 0.29) is 5.82 Å². The van der Waals surface area contributed by atoms with E-state index in [0.29, 0.717) is 16.9 Å². The Bertz CT molecular complexity index is 402. The zero-order valence-electron chi connectivity index (χ0n) is 8.94. The van der Waals surface area contributed by atoms with Gasteiger partial charge >= 0.3 is 5.97 Å². The van der Waals surface area contributed by atoms with E-state index in [1.165, 1.54) is 12.1 Å². The largest absolute Gasteiger partial charge is 0.478 e. The lowest BCUT2D eigenvalue weighted by atomic mass is 10.1. The van der Waals surface area contributed by atoms with Gasteiger partial charge in [-0.1, -0.05) is 19.1 Å². The molecule has 0 heterocycles. The van der Waals surface area contributed by atoms with E-state index in [2.05, 4.69) is 0 Å². The number of carboxylic acids is 1. The molecule has 0 unspecified atom stereocenters. The average Bonchev–Trinajstić information content (AvgIpc) is 2.25. The van der Waals surface area contributed by atoms with Gasteiger partial charge in [0, 0.05) is 11.8 Å². The molecule has 0 aromatic heterocycles. The van der Waals surface area contributed by atoms with Gasteiger partial charge in [0.1, 0.15) is 5.82 Å². The van der Waals surface area contributed by atoms with Crippen molar-refractivity contribution in [2.45, 2.75) is 12.7 Å². The van der Waals surface area contributed by atoms with Crippen molar-refractivity contribution in [1.82, 2.24) is 0 Å². The number of halogens is 1. The molecule has 0 aliphatic heterocycles. The normalized spacial score (nSPS) is 10.9. The second kappa shape index (κ2) is 6.33. The van der Waals surface area contributed by atoms with E-state index in [0.717, 1.165) is 11.8 Å². The van der Waals surface area contributed by atoms with Crippen LogP contribution in [0.4, 0.5) is 4.39 Å². The zero-order valence-corrected chi connectivity index (χ0v) is 9.76. The van der Waals surface area contributed by atoms with Gasteiger partial charge in [0.25, 0.3) is 0 Å². The van der Waals surface area contributed by atoms with Crippen molar-refractivity contribution in [3.8, 4) is 0 Å². The van der Waals surface area contributed by atoms with E-state index in [4.69, 9.17) is 5.11 Å². The second-order valence-corrected chi connectivity index (χ2v) is 4.43. The van der Waals surface area contributed by atoms with Crippen LogP contribution in [-0.4, -0.2) is 16.8 Å². The Labute approximate surface area is 98.2 Å². The average molecular weight is 240 g/mol. The van der Waals surface area contributed by atoms with Crippen molar-refractivity contribution in [2.75, 3.05) is 5.75 Å². The van der Waals surface area contributed by atoms with Crippen LogP contribution in [0.2, 0.25) is 0 Å². The number of benzene rings is 1. The summed E-state index contributed by atoms with van der Waals surface area (Å²) in [6.07, 6.45) is 2.37. The first kappa shape index (κ1) is 12.8. The Morgan fingerprint density at radius 1 is 1.56 bits per heavy atom. The van der Waals surface area contributed by atoms with Crippen LogP contribution in [0.25, 0.3) is 6.08 Å². The summed E-state index contributed by atoms with van der Waals surface area (Å²) in [6.45, 7) is 2.02. The van der Waals surface area contributed by atoms with Gasteiger partial charge < -0.3 is 5.11 Å². The molecule has 86 valence electrons. The number of carboxylic acid groups (broad SMARTS) is 1. The highest BCUT2D eigenvalue weighted by molar-refractivity contribution is 7.98. The monoisotopic (exact) mass is 240 g/mol. The first-order chi connectivity index (χ1) is 7.63. The molecule has 4 heteroatoms. The Morgan fingerprint density at radius 2 is 2.31 bits per heavy atom. The predicted octanol–water partition coefficient (Wildman–Crippen LogP) is 3.18. The Hall–Kier alpha value is -1.29. The summed E-state index contributed by atoms with van der Waals surface area (Å²) < 4.78 is 13.5. The summed E-state index contributed by atoms with van der Waals surface area (Å²) >= 11 is 1.65. The highest BCUT2D eigenvalue weighted by atomic mass is 32.2. The maximum Gasteiger partial charge on any atom is 0.328 e. The molecular weight excluding hydrogens is 227 g/mol. The summed E-state index contributed by atoms with van der Waals surface area (Å²) in [4.78, 5) is 10.3. The molecule has 0 saturated carbocycles. The summed E-state index contributed by atoms with van der Waals surface area (Å²) in [5.41, 5.74) is 1.21. The molecule has 0 bridgehead atoms. The van der Waals surface area contributed by atoms with Gasteiger partial charge in [-0.25, -0.2) is 9.18 Å². The lowest BCUT2D eigenvalue weighted by Gasteiger charge is -2.02. The van der Waals surface area contributed by atoms with E-state index < -0.39 is 5.97 Å². The lowest BCUT2D eigenvalue weighted by Crippen LogP contribution is -1.90. The van der Waals surface area contributed by atoms with Crippen molar-refractivity contribution < 1.29 is 14.3 Å². The molecule has 0 atom stereocenters. The van der Waals surface area contributed by atoms with Crippen LogP contribution in [0, 0.1) is 5.82 Å². The third kappa shape index (κ3) is 4.06. The highest BCUT2D eigenvalue weighted by Gasteiger charge is 2.02. The molecule has 1 aromatic rings. The molecular formula is C12H13FO2S. The van der Waals surface area contributed by atoms with Crippen molar-refractivity contribution in [1.29, 1.82) is 0 Å². The van der Waals surface area contributed by atoms with Gasteiger partial charge in [-0.3, -0.25) is 0 Å². The predicted molar refractivity (Wildman–Crippen MR) is 64.9 cm³/mol. The molecule has 0 amide bonds. The van der Waals surface area contributed by atoms with Gasteiger partial charge in [-0.2, -0.15) is 11.8 Å². The number of hydrogen-bond acceptors (Lipinski definition) is 2. The van der Waals surface area contributed by atoms with Crippen LogP contribution in [0.15, 0.2) is 24.3 Å². The molecule has 1 aromatic carbocycles. The smallest absolute Gasteiger partial charge is 0.328 e. The van der Waals surface area contributed by atoms with E-state index in [1.807, 2.05) is 6.92 Å². The van der Waals surface area contributed by atoms with E-state index in [1.54, 1.807) is 23.9 Å². The summed E-state index contributed by atoms with van der Waals surface area (Å²) in [5, 5.41) is 8.43. The number of hydrogen-bond donors (Lipinski definition) is 1. The molecule has 0 spiro atoms. The van der Waals surface area contributed by atoms with Crippen molar-refractivity contribution in [3.63, 3.8) is 0 Å². The SMILES string of the molecule is CCSCc1ccc(C=CC(=O)O)cc1F. The van der Waals surface area contributed by atoms with Crippen molar-refractivity contribution in [3.05, 3.63) is 41.2 Å². The van der Waals surface area contributed by atoms with E-state index >= 15 is 0 Å². The maximum atomic E-state index is 13.5. The third-order valence-corrected chi connectivity index (χ3v) is 2.88. The van der Waals surface area contributed by atoms with Crippen LogP contribution in [0.1, 0.15) is 18.1 Å². The first-order valence-electron chi connectivity index (χ1n) is 4.90. The molecule has 0 fully saturated rings.